The summed E-state index contributed by atoms with van der Waals surface area (Å²) < 4.78 is 11.0. The molecule has 2 atom stereocenters. The third kappa shape index (κ3) is 4.89. The van der Waals surface area contributed by atoms with Crippen LogP contribution in [0.25, 0.3) is 0 Å². The number of ether oxygens (including phenoxy) is 2. The Balaban J connectivity index is 1.77. The van der Waals surface area contributed by atoms with Gasteiger partial charge in [-0.2, -0.15) is 0 Å². The minimum absolute atomic E-state index is 0.190. The molecule has 1 aliphatic heterocycles. The molecule has 3 nitrogen and oxygen atoms in total. The minimum atomic E-state index is 0.190. The zero-order valence-electron chi connectivity index (χ0n) is 12.7. The summed E-state index contributed by atoms with van der Waals surface area (Å²) >= 11 is 0. The van der Waals surface area contributed by atoms with Crippen molar-refractivity contribution in [3.8, 4) is 0 Å². The topological polar surface area (TPSA) is 30.5 Å². The van der Waals surface area contributed by atoms with Crippen molar-refractivity contribution in [2.24, 2.45) is 0 Å². The van der Waals surface area contributed by atoms with Gasteiger partial charge in [0.1, 0.15) is 0 Å². The fraction of sp³-hybridized carbons (Fsp3) is 0.647. The van der Waals surface area contributed by atoms with E-state index in [9.17, 15) is 0 Å². The summed E-state index contributed by atoms with van der Waals surface area (Å²) in [6, 6.07) is 9.33. The Morgan fingerprint density at radius 1 is 1.25 bits per heavy atom. The second-order valence-electron chi connectivity index (χ2n) is 5.54. The Morgan fingerprint density at radius 2 is 2.05 bits per heavy atom. The fourth-order valence-corrected chi connectivity index (χ4v) is 2.43. The first-order valence-corrected chi connectivity index (χ1v) is 7.81. The molecule has 1 heterocycles. The van der Waals surface area contributed by atoms with Crippen LogP contribution in [-0.2, 0) is 15.9 Å². The van der Waals surface area contributed by atoms with Crippen molar-refractivity contribution in [1.29, 1.82) is 0 Å². The van der Waals surface area contributed by atoms with Gasteiger partial charge in [0.25, 0.3) is 0 Å². The summed E-state index contributed by atoms with van der Waals surface area (Å²) in [6.07, 6.45) is 3.90. The first kappa shape index (κ1) is 15.5. The maximum absolute atomic E-state index is 5.64. The quantitative estimate of drug-likeness (QED) is 0.831. The number of hydrogen-bond donors (Lipinski definition) is 1. The zero-order chi connectivity index (χ0) is 14.2. The van der Waals surface area contributed by atoms with Crippen molar-refractivity contribution in [2.75, 3.05) is 26.4 Å². The molecule has 2 rings (SSSR count). The minimum Gasteiger partial charge on any atom is -0.376 e. The molecule has 2 unspecified atom stereocenters. The van der Waals surface area contributed by atoms with Gasteiger partial charge in [0, 0.05) is 12.6 Å². The van der Waals surface area contributed by atoms with Crippen LogP contribution in [0.3, 0.4) is 0 Å². The van der Waals surface area contributed by atoms with Crippen molar-refractivity contribution in [3.05, 3.63) is 35.4 Å². The van der Waals surface area contributed by atoms with E-state index in [1.165, 1.54) is 30.4 Å². The van der Waals surface area contributed by atoms with Gasteiger partial charge in [0.2, 0.25) is 0 Å². The standard InChI is InChI=1S/C17H27NO2/c1-3-4-5-15-6-8-16(9-7-15)14(2)18-12-17-13-19-10-11-20-17/h6-9,14,17-18H,3-5,10-13H2,1-2H3. The van der Waals surface area contributed by atoms with Crippen LogP contribution in [0.1, 0.15) is 43.9 Å². The number of unbranched alkanes of at least 4 members (excludes halogenated alkanes) is 1. The molecule has 0 bridgehead atoms. The highest BCUT2D eigenvalue weighted by Gasteiger charge is 2.15. The van der Waals surface area contributed by atoms with E-state index < -0.39 is 0 Å². The lowest BCUT2D eigenvalue weighted by atomic mass is 10.0. The molecule has 3 heteroatoms. The number of aryl methyl sites for hydroxylation is 1. The predicted octanol–water partition coefficient (Wildman–Crippen LogP) is 3.10. The molecule has 1 aromatic rings. The van der Waals surface area contributed by atoms with Gasteiger partial charge in [-0.3, -0.25) is 0 Å². The largest absolute Gasteiger partial charge is 0.376 e. The predicted molar refractivity (Wildman–Crippen MR) is 82.0 cm³/mol. The molecule has 1 N–H and O–H groups in total. The second kappa shape index (κ2) is 8.40. The average molecular weight is 277 g/mol. The third-order valence-corrected chi connectivity index (χ3v) is 3.84. The van der Waals surface area contributed by atoms with Crippen molar-refractivity contribution < 1.29 is 9.47 Å². The second-order valence-corrected chi connectivity index (χ2v) is 5.54. The highest BCUT2D eigenvalue weighted by molar-refractivity contribution is 5.24. The summed E-state index contributed by atoms with van der Waals surface area (Å²) in [4.78, 5) is 0. The van der Waals surface area contributed by atoms with Crippen LogP contribution < -0.4 is 5.32 Å². The molecule has 0 radical (unpaired) electrons. The molecule has 0 aromatic heterocycles. The van der Waals surface area contributed by atoms with Crippen LogP contribution >= 0.6 is 0 Å². The number of rotatable bonds is 7. The zero-order valence-corrected chi connectivity index (χ0v) is 12.7. The molecular formula is C17H27NO2. The summed E-state index contributed by atoms with van der Waals surface area (Å²) in [5.41, 5.74) is 2.77. The van der Waals surface area contributed by atoms with E-state index in [0.29, 0.717) is 19.3 Å². The SMILES string of the molecule is CCCCc1ccc(C(C)NCC2COCCO2)cc1. The third-order valence-electron chi connectivity index (χ3n) is 3.84. The fourth-order valence-electron chi connectivity index (χ4n) is 2.43. The Morgan fingerprint density at radius 3 is 2.70 bits per heavy atom. The van der Waals surface area contributed by atoms with E-state index in [2.05, 4.69) is 43.4 Å². The maximum atomic E-state index is 5.64. The van der Waals surface area contributed by atoms with E-state index in [1.807, 2.05) is 0 Å². The lowest BCUT2D eigenvalue weighted by Gasteiger charge is -2.25. The van der Waals surface area contributed by atoms with Crippen LogP contribution in [0.15, 0.2) is 24.3 Å². The van der Waals surface area contributed by atoms with E-state index in [-0.39, 0.29) is 6.10 Å². The van der Waals surface area contributed by atoms with Gasteiger partial charge >= 0.3 is 0 Å². The number of benzene rings is 1. The lowest BCUT2D eigenvalue weighted by molar-refractivity contribution is -0.0869. The molecular weight excluding hydrogens is 250 g/mol. The van der Waals surface area contributed by atoms with Crippen LogP contribution in [0.4, 0.5) is 0 Å². The normalized spacial score (nSPS) is 20.8. The molecule has 0 saturated carbocycles. The summed E-state index contributed by atoms with van der Waals surface area (Å²) in [5, 5.41) is 3.53. The average Bonchev–Trinajstić information content (AvgIpc) is 2.52. The molecule has 20 heavy (non-hydrogen) atoms. The highest BCUT2D eigenvalue weighted by Crippen LogP contribution is 2.15. The Hall–Kier alpha value is -0.900. The van der Waals surface area contributed by atoms with Gasteiger partial charge in [-0.25, -0.2) is 0 Å². The van der Waals surface area contributed by atoms with Crippen LogP contribution in [0.2, 0.25) is 0 Å². The maximum Gasteiger partial charge on any atom is 0.0933 e. The van der Waals surface area contributed by atoms with Gasteiger partial charge in [-0.05, 0) is 30.9 Å². The summed E-state index contributed by atoms with van der Waals surface area (Å²) in [7, 11) is 0. The molecule has 112 valence electrons. The van der Waals surface area contributed by atoms with Crippen LogP contribution in [0.5, 0.6) is 0 Å². The van der Waals surface area contributed by atoms with Crippen molar-refractivity contribution >= 4 is 0 Å². The highest BCUT2D eigenvalue weighted by atomic mass is 16.6. The number of nitrogens with one attached hydrogen (secondary N) is 1. The monoisotopic (exact) mass is 277 g/mol. The van der Waals surface area contributed by atoms with Crippen molar-refractivity contribution in [1.82, 2.24) is 5.32 Å². The molecule has 0 spiro atoms. The van der Waals surface area contributed by atoms with Crippen LogP contribution in [0, 0.1) is 0 Å². The van der Waals surface area contributed by atoms with Crippen LogP contribution in [-0.4, -0.2) is 32.5 Å². The lowest BCUT2D eigenvalue weighted by Crippen LogP contribution is -2.38. The first-order chi connectivity index (χ1) is 9.79. The van der Waals surface area contributed by atoms with Gasteiger partial charge in [-0.15, -0.1) is 0 Å². The summed E-state index contributed by atoms with van der Waals surface area (Å²) in [5.74, 6) is 0. The van der Waals surface area contributed by atoms with E-state index in [4.69, 9.17) is 9.47 Å². The van der Waals surface area contributed by atoms with Gasteiger partial charge in [0.05, 0.1) is 25.9 Å². The smallest absolute Gasteiger partial charge is 0.0933 e. The number of hydrogen-bond acceptors (Lipinski definition) is 3. The van der Waals surface area contributed by atoms with Crippen molar-refractivity contribution in [2.45, 2.75) is 45.3 Å². The molecule has 1 aliphatic rings. The molecule has 1 saturated heterocycles. The van der Waals surface area contributed by atoms with E-state index in [1.54, 1.807) is 0 Å². The van der Waals surface area contributed by atoms with Crippen molar-refractivity contribution in [3.63, 3.8) is 0 Å². The van der Waals surface area contributed by atoms with Gasteiger partial charge in [-0.1, -0.05) is 37.6 Å². The molecule has 0 aliphatic carbocycles. The van der Waals surface area contributed by atoms with Gasteiger partial charge < -0.3 is 14.8 Å². The Labute approximate surface area is 122 Å². The summed E-state index contributed by atoms with van der Waals surface area (Å²) in [6.45, 7) is 7.43. The Bertz CT molecular complexity index is 371. The molecule has 0 amide bonds. The first-order valence-electron chi connectivity index (χ1n) is 7.81. The van der Waals surface area contributed by atoms with Gasteiger partial charge in [0.15, 0.2) is 0 Å². The molecule has 1 fully saturated rings. The Kier molecular flexibility index (Phi) is 6.51. The molecule has 1 aromatic carbocycles. The van der Waals surface area contributed by atoms with E-state index >= 15 is 0 Å². The van der Waals surface area contributed by atoms with E-state index in [0.717, 1.165) is 13.2 Å².